The van der Waals surface area contributed by atoms with Crippen molar-refractivity contribution in [3.63, 3.8) is 0 Å². The first-order valence-corrected chi connectivity index (χ1v) is 6.25. The molecular formula is C14H16O3. The van der Waals surface area contributed by atoms with Crippen LogP contribution in [0, 0.1) is 0 Å². The van der Waals surface area contributed by atoms with Crippen LogP contribution in [-0.2, 0) is 11.2 Å². The quantitative estimate of drug-likeness (QED) is 0.852. The number of fused-ring (bicyclic) bond motifs is 3. The lowest BCUT2D eigenvalue weighted by Crippen LogP contribution is -2.22. The average molecular weight is 232 g/mol. The Kier molecular flexibility index (Phi) is 2.54. The first kappa shape index (κ1) is 10.6. The van der Waals surface area contributed by atoms with Gasteiger partial charge in [-0.25, -0.2) is 0 Å². The first-order chi connectivity index (χ1) is 8.24. The number of rotatable bonds is 2. The summed E-state index contributed by atoms with van der Waals surface area (Å²) in [7, 11) is 0. The number of hydrogen-bond donors (Lipinski definition) is 1. The Labute approximate surface area is 100 Å². The van der Waals surface area contributed by atoms with Crippen molar-refractivity contribution in [2.75, 3.05) is 0 Å². The minimum Gasteiger partial charge on any atom is -0.489 e. The van der Waals surface area contributed by atoms with Gasteiger partial charge in [0.25, 0.3) is 0 Å². The Balaban J connectivity index is 1.90. The number of carbonyl (C=O) groups is 1. The fraction of sp³-hybridized carbons (Fsp3) is 0.500. The van der Waals surface area contributed by atoms with Crippen LogP contribution in [0.2, 0.25) is 0 Å². The van der Waals surface area contributed by atoms with Gasteiger partial charge in [-0.2, -0.15) is 0 Å². The summed E-state index contributed by atoms with van der Waals surface area (Å²) in [4.78, 5) is 10.7. The third kappa shape index (κ3) is 1.90. The van der Waals surface area contributed by atoms with Crippen LogP contribution in [0.1, 0.15) is 42.7 Å². The van der Waals surface area contributed by atoms with Gasteiger partial charge in [-0.3, -0.25) is 4.79 Å². The second-order valence-corrected chi connectivity index (χ2v) is 4.99. The molecular weight excluding hydrogens is 216 g/mol. The van der Waals surface area contributed by atoms with Crippen molar-refractivity contribution in [3.05, 3.63) is 29.3 Å². The van der Waals surface area contributed by atoms with E-state index in [1.165, 1.54) is 24.8 Å². The number of carboxylic acids is 1. The highest BCUT2D eigenvalue weighted by Crippen LogP contribution is 2.45. The summed E-state index contributed by atoms with van der Waals surface area (Å²) in [6.45, 7) is 0. The van der Waals surface area contributed by atoms with Crippen LogP contribution < -0.4 is 4.74 Å². The molecule has 0 radical (unpaired) electrons. The van der Waals surface area contributed by atoms with E-state index in [0.717, 1.165) is 17.7 Å². The van der Waals surface area contributed by atoms with E-state index in [0.29, 0.717) is 12.0 Å². The standard InChI is InChI=1S/C14H16O3/c15-14(16)8-9-5-6-13-11(7-9)10-3-1-2-4-12(10)17-13/h5-7,10,12H,1-4,8H2,(H,15,16). The van der Waals surface area contributed by atoms with Crippen molar-refractivity contribution in [1.29, 1.82) is 0 Å². The molecule has 3 heteroatoms. The van der Waals surface area contributed by atoms with Crippen LogP contribution >= 0.6 is 0 Å². The zero-order valence-corrected chi connectivity index (χ0v) is 9.69. The average Bonchev–Trinajstić information content (AvgIpc) is 2.66. The zero-order chi connectivity index (χ0) is 11.8. The number of hydrogen-bond acceptors (Lipinski definition) is 2. The summed E-state index contributed by atoms with van der Waals surface area (Å²) in [6.07, 6.45) is 5.25. The second-order valence-electron chi connectivity index (χ2n) is 4.99. The van der Waals surface area contributed by atoms with Crippen LogP contribution in [-0.4, -0.2) is 17.2 Å². The molecule has 1 aliphatic heterocycles. The minimum atomic E-state index is -0.774. The molecule has 1 fully saturated rings. The third-order valence-corrected chi connectivity index (χ3v) is 3.81. The third-order valence-electron chi connectivity index (χ3n) is 3.81. The first-order valence-electron chi connectivity index (χ1n) is 6.25. The van der Waals surface area contributed by atoms with E-state index in [4.69, 9.17) is 9.84 Å². The van der Waals surface area contributed by atoms with Crippen LogP contribution in [0.4, 0.5) is 0 Å². The van der Waals surface area contributed by atoms with Gasteiger partial charge in [0.1, 0.15) is 11.9 Å². The lowest BCUT2D eigenvalue weighted by molar-refractivity contribution is -0.136. The smallest absolute Gasteiger partial charge is 0.307 e. The predicted molar refractivity (Wildman–Crippen MR) is 63.4 cm³/mol. The van der Waals surface area contributed by atoms with Gasteiger partial charge in [-0.05, 0) is 30.9 Å². The Morgan fingerprint density at radius 2 is 2.18 bits per heavy atom. The van der Waals surface area contributed by atoms with Crippen molar-refractivity contribution < 1.29 is 14.6 Å². The summed E-state index contributed by atoms with van der Waals surface area (Å²) in [5.41, 5.74) is 2.11. The highest BCUT2D eigenvalue weighted by Gasteiger charge is 2.35. The molecule has 1 heterocycles. The molecule has 1 aliphatic carbocycles. The molecule has 1 N–H and O–H groups in total. The molecule has 3 nitrogen and oxygen atoms in total. The van der Waals surface area contributed by atoms with Crippen LogP contribution in [0.5, 0.6) is 5.75 Å². The summed E-state index contributed by atoms with van der Waals surface area (Å²) >= 11 is 0. The minimum absolute atomic E-state index is 0.102. The van der Waals surface area contributed by atoms with E-state index < -0.39 is 5.97 Å². The molecule has 0 spiro atoms. The maximum atomic E-state index is 10.7. The van der Waals surface area contributed by atoms with E-state index in [-0.39, 0.29) is 6.42 Å². The number of ether oxygens (including phenoxy) is 1. The molecule has 2 unspecified atom stereocenters. The summed E-state index contributed by atoms with van der Waals surface area (Å²) < 4.78 is 5.92. The van der Waals surface area contributed by atoms with E-state index in [9.17, 15) is 4.79 Å². The Morgan fingerprint density at radius 1 is 1.35 bits per heavy atom. The molecule has 17 heavy (non-hydrogen) atoms. The van der Waals surface area contributed by atoms with E-state index in [2.05, 4.69) is 0 Å². The molecule has 1 aromatic rings. The van der Waals surface area contributed by atoms with E-state index in [1.54, 1.807) is 0 Å². The number of aliphatic carboxylic acids is 1. The molecule has 1 aromatic carbocycles. The van der Waals surface area contributed by atoms with Gasteiger partial charge in [-0.1, -0.05) is 18.6 Å². The van der Waals surface area contributed by atoms with Gasteiger partial charge >= 0.3 is 5.97 Å². The van der Waals surface area contributed by atoms with Crippen molar-refractivity contribution >= 4 is 5.97 Å². The maximum absolute atomic E-state index is 10.7. The Morgan fingerprint density at radius 3 is 3.00 bits per heavy atom. The Bertz CT molecular complexity index is 453. The molecule has 2 aliphatic rings. The van der Waals surface area contributed by atoms with Gasteiger partial charge in [-0.15, -0.1) is 0 Å². The molecule has 3 rings (SSSR count). The SMILES string of the molecule is O=C(O)Cc1ccc2c(c1)C1CCCCC1O2. The van der Waals surface area contributed by atoms with Crippen LogP contribution in [0.25, 0.3) is 0 Å². The van der Waals surface area contributed by atoms with Gasteiger partial charge in [0, 0.05) is 11.5 Å². The van der Waals surface area contributed by atoms with Crippen molar-refractivity contribution in [2.45, 2.75) is 44.1 Å². The van der Waals surface area contributed by atoms with Crippen molar-refractivity contribution in [3.8, 4) is 5.75 Å². The van der Waals surface area contributed by atoms with Gasteiger partial charge in [0.2, 0.25) is 0 Å². The highest BCUT2D eigenvalue weighted by molar-refractivity contribution is 5.70. The molecule has 90 valence electrons. The molecule has 0 saturated heterocycles. The van der Waals surface area contributed by atoms with Crippen molar-refractivity contribution in [2.24, 2.45) is 0 Å². The predicted octanol–water partition coefficient (Wildman–Crippen LogP) is 2.73. The normalized spacial score (nSPS) is 25.9. The molecule has 1 saturated carbocycles. The lowest BCUT2D eigenvalue weighted by atomic mass is 9.83. The van der Waals surface area contributed by atoms with E-state index in [1.807, 2.05) is 18.2 Å². The topological polar surface area (TPSA) is 46.5 Å². The number of carboxylic acid groups (broad SMARTS) is 1. The van der Waals surface area contributed by atoms with Gasteiger partial charge < -0.3 is 9.84 Å². The van der Waals surface area contributed by atoms with E-state index >= 15 is 0 Å². The molecule has 0 aromatic heterocycles. The molecule has 0 amide bonds. The van der Waals surface area contributed by atoms with Crippen LogP contribution in [0.3, 0.4) is 0 Å². The summed E-state index contributed by atoms with van der Waals surface area (Å²) in [6, 6.07) is 5.83. The fourth-order valence-electron chi connectivity index (χ4n) is 3.04. The highest BCUT2D eigenvalue weighted by atomic mass is 16.5. The fourth-order valence-corrected chi connectivity index (χ4v) is 3.04. The monoisotopic (exact) mass is 232 g/mol. The Hall–Kier alpha value is -1.51. The lowest BCUT2D eigenvalue weighted by Gasteiger charge is -2.23. The van der Waals surface area contributed by atoms with Gasteiger partial charge in [0.05, 0.1) is 6.42 Å². The van der Waals surface area contributed by atoms with Crippen LogP contribution in [0.15, 0.2) is 18.2 Å². The van der Waals surface area contributed by atoms with Gasteiger partial charge in [0.15, 0.2) is 0 Å². The zero-order valence-electron chi connectivity index (χ0n) is 9.69. The largest absolute Gasteiger partial charge is 0.489 e. The number of benzene rings is 1. The molecule has 0 bridgehead atoms. The molecule has 2 atom stereocenters. The maximum Gasteiger partial charge on any atom is 0.307 e. The second kappa shape index (κ2) is 4.06. The summed E-state index contributed by atoms with van der Waals surface area (Å²) in [5.74, 6) is 0.688. The van der Waals surface area contributed by atoms with Crippen molar-refractivity contribution in [1.82, 2.24) is 0 Å². The summed E-state index contributed by atoms with van der Waals surface area (Å²) in [5, 5.41) is 8.82.